The molecule has 1 atom stereocenters. The van der Waals surface area contributed by atoms with Gasteiger partial charge in [-0.15, -0.1) is 10.2 Å². The van der Waals surface area contributed by atoms with Crippen LogP contribution in [0.15, 0.2) is 34.7 Å². The summed E-state index contributed by atoms with van der Waals surface area (Å²) >= 11 is 0.795. The molecule has 1 amide bonds. The van der Waals surface area contributed by atoms with E-state index in [0.717, 1.165) is 11.3 Å². The Morgan fingerprint density at radius 3 is 2.50 bits per heavy atom. The highest BCUT2D eigenvalue weighted by Crippen LogP contribution is 2.23. The van der Waals surface area contributed by atoms with E-state index in [1.807, 2.05) is 18.2 Å². The average Bonchev–Trinajstić information content (AvgIpc) is 3.02. The third-order valence-corrected chi connectivity index (χ3v) is 5.93. The maximum absolute atomic E-state index is 12.4. The lowest BCUT2D eigenvalue weighted by molar-refractivity contribution is -0.123. The number of benzene rings is 1. The van der Waals surface area contributed by atoms with Crippen LogP contribution < -0.4 is 14.8 Å². The fourth-order valence-electron chi connectivity index (χ4n) is 1.74. The summed E-state index contributed by atoms with van der Waals surface area (Å²) in [7, 11) is -3.85. The summed E-state index contributed by atoms with van der Waals surface area (Å²) in [6.07, 6.45) is 0. The van der Waals surface area contributed by atoms with Crippen molar-refractivity contribution >= 4 is 32.4 Å². The molecule has 1 unspecified atom stereocenters. The van der Waals surface area contributed by atoms with E-state index in [1.165, 1.54) is 0 Å². The van der Waals surface area contributed by atoms with E-state index in [4.69, 9.17) is 4.74 Å². The van der Waals surface area contributed by atoms with Gasteiger partial charge in [0.1, 0.15) is 12.4 Å². The van der Waals surface area contributed by atoms with Crippen molar-refractivity contribution < 1.29 is 17.9 Å². The van der Waals surface area contributed by atoms with Crippen LogP contribution in [0.25, 0.3) is 0 Å². The van der Waals surface area contributed by atoms with Crippen molar-refractivity contribution in [2.24, 2.45) is 5.41 Å². The van der Waals surface area contributed by atoms with Gasteiger partial charge in [-0.3, -0.25) is 4.79 Å². The van der Waals surface area contributed by atoms with Crippen LogP contribution in [-0.4, -0.2) is 37.2 Å². The highest BCUT2D eigenvalue weighted by Gasteiger charge is 2.26. The molecule has 10 heteroatoms. The minimum Gasteiger partial charge on any atom is -0.492 e. The molecule has 0 saturated heterocycles. The predicted octanol–water partition coefficient (Wildman–Crippen LogP) is 2.27. The minimum absolute atomic E-state index is 0.137. The molecule has 1 heterocycles. The molecule has 0 saturated carbocycles. The van der Waals surface area contributed by atoms with E-state index >= 15 is 0 Å². The highest BCUT2D eigenvalue weighted by molar-refractivity contribution is 7.91. The van der Waals surface area contributed by atoms with Gasteiger partial charge in [-0.25, -0.2) is 13.1 Å². The lowest BCUT2D eigenvalue weighted by Crippen LogP contribution is -2.36. The van der Waals surface area contributed by atoms with E-state index in [-0.39, 0.29) is 22.0 Å². The first-order chi connectivity index (χ1) is 12.1. The Morgan fingerprint density at radius 2 is 1.88 bits per heavy atom. The molecule has 0 fully saturated rings. The number of amides is 1. The zero-order valence-electron chi connectivity index (χ0n) is 15.0. The van der Waals surface area contributed by atoms with Crippen LogP contribution in [0.5, 0.6) is 5.75 Å². The normalized spacial score (nSPS) is 13.2. The Kier molecular flexibility index (Phi) is 6.32. The number of nitrogens with one attached hydrogen (secondary N) is 2. The number of hydrogen-bond acceptors (Lipinski definition) is 7. The molecule has 0 spiro atoms. The molecule has 8 nitrogen and oxygen atoms in total. The summed E-state index contributed by atoms with van der Waals surface area (Å²) < 4.78 is 32.6. The van der Waals surface area contributed by atoms with Gasteiger partial charge < -0.3 is 10.1 Å². The van der Waals surface area contributed by atoms with Crippen LogP contribution in [-0.2, 0) is 14.8 Å². The molecule has 26 heavy (non-hydrogen) atoms. The third kappa shape index (κ3) is 5.75. The summed E-state index contributed by atoms with van der Waals surface area (Å²) in [5, 5.41) is 10.1. The Balaban J connectivity index is 1.96. The zero-order valence-corrected chi connectivity index (χ0v) is 16.6. The van der Waals surface area contributed by atoms with Gasteiger partial charge in [0.05, 0.1) is 6.04 Å². The molecule has 2 aromatic rings. The van der Waals surface area contributed by atoms with Crippen LogP contribution in [0.2, 0.25) is 0 Å². The van der Waals surface area contributed by atoms with E-state index in [9.17, 15) is 13.2 Å². The summed E-state index contributed by atoms with van der Waals surface area (Å²) in [4.78, 5) is 11.9. The second-order valence-electron chi connectivity index (χ2n) is 6.72. The number of ether oxygens (including phenoxy) is 1. The van der Waals surface area contributed by atoms with Crippen molar-refractivity contribution in [2.45, 2.75) is 38.1 Å². The molecule has 2 rings (SSSR count). The van der Waals surface area contributed by atoms with E-state index < -0.39 is 21.5 Å². The first-order valence-electron chi connectivity index (χ1n) is 7.93. The number of carbonyl (C=O) groups is 1. The molecule has 142 valence electrons. The van der Waals surface area contributed by atoms with E-state index in [2.05, 4.69) is 20.2 Å². The average molecular weight is 399 g/mol. The van der Waals surface area contributed by atoms with Crippen LogP contribution in [0.4, 0.5) is 5.13 Å². The Labute approximate surface area is 157 Å². The molecule has 0 radical (unpaired) electrons. The third-order valence-electron chi connectivity index (χ3n) is 3.14. The van der Waals surface area contributed by atoms with Crippen LogP contribution in [0.3, 0.4) is 0 Å². The molecule has 1 aromatic carbocycles. The Bertz CT molecular complexity index is 845. The minimum atomic E-state index is -3.85. The number of aromatic nitrogens is 2. The number of hydrogen-bond donors (Lipinski definition) is 2. The van der Waals surface area contributed by atoms with Crippen molar-refractivity contribution in [1.29, 1.82) is 0 Å². The fraction of sp³-hybridized carbons (Fsp3) is 0.438. The number of sulfonamides is 1. The molecule has 0 aliphatic carbocycles. The first-order valence-corrected chi connectivity index (χ1v) is 10.2. The summed E-state index contributed by atoms with van der Waals surface area (Å²) in [6.45, 7) is 7.09. The van der Waals surface area contributed by atoms with Gasteiger partial charge >= 0.3 is 0 Å². The van der Waals surface area contributed by atoms with E-state index in [0.29, 0.717) is 5.75 Å². The maximum Gasteiger partial charge on any atom is 0.270 e. The maximum atomic E-state index is 12.4. The van der Waals surface area contributed by atoms with Crippen molar-refractivity contribution in [3.05, 3.63) is 30.3 Å². The second kappa shape index (κ2) is 8.11. The van der Waals surface area contributed by atoms with Crippen LogP contribution >= 0.6 is 11.3 Å². The topological polar surface area (TPSA) is 110 Å². The second-order valence-corrected chi connectivity index (χ2v) is 9.59. The number of carbonyl (C=O) groups excluding carboxylic acids is 1. The Morgan fingerprint density at radius 1 is 1.23 bits per heavy atom. The van der Waals surface area contributed by atoms with Gasteiger partial charge in [-0.05, 0) is 19.1 Å². The summed E-state index contributed by atoms with van der Waals surface area (Å²) in [5.41, 5.74) is -0.619. The van der Waals surface area contributed by atoms with Crippen molar-refractivity contribution in [3.63, 3.8) is 0 Å². The molecule has 0 aliphatic rings. The van der Waals surface area contributed by atoms with Gasteiger partial charge in [-0.2, -0.15) is 0 Å². The number of nitrogens with zero attached hydrogens (tertiary/aromatic N) is 2. The SMILES string of the molecule is CC(COc1ccccc1)NS(=O)(=O)c1nnc(NC(=O)C(C)(C)C)s1. The van der Waals surface area contributed by atoms with Crippen molar-refractivity contribution in [1.82, 2.24) is 14.9 Å². The quantitative estimate of drug-likeness (QED) is 0.692. The number of rotatable bonds is 7. The van der Waals surface area contributed by atoms with Gasteiger partial charge in [0.25, 0.3) is 10.0 Å². The largest absolute Gasteiger partial charge is 0.492 e. The van der Waals surface area contributed by atoms with E-state index in [1.54, 1.807) is 39.8 Å². The monoisotopic (exact) mass is 398 g/mol. The number of anilines is 1. The molecular weight excluding hydrogens is 376 g/mol. The van der Waals surface area contributed by atoms with Crippen LogP contribution in [0.1, 0.15) is 27.7 Å². The van der Waals surface area contributed by atoms with Gasteiger partial charge in [0.2, 0.25) is 15.4 Å². The van der Waals surface area contributed by atoms with Gasteiger partial charge in [0, 0.05) is 5.41 Å². The predicted molar refractivity (Wildman–Crippen MR) is 99.7 cm³/mol. The molecule has 0 bridgehead atoms. The summed E-state index contributed by atoms with van der Waals surface area (Å²) in [5.74, 6) is 0.386. The zero-order chi connectivity index (χ0) is 19.4. The molecule has 1 aromatic heterocycles. The highest BCUT2D eigenvalue weighted by atomic mass is 32.2. The molecule has 0 aliphatic heterocycles. The lowest BCUT2D eigenvalue weighted by Gasteiger charge is -2.15. The Hall–Kier alpha value is -2.04. The van der Waals surface area contributed by atoms with Gasteiger partial charge in [-0.1, -0.05) is 50.3 Å². The molecular formula is C16H22N4O4S2. The summed E-state index contributed by atoms with van der Waals surface area (Å²) in [6, 6.07) is 8.63. The van der Waals surface area contributed by atoms with Crippen LogP contribution in [0, 0.1) is 5.41 Å². The number of para-hydroxylation sites is 1. The van der Waals surface area contributed by atoms with Crippen molar-refractivity contribution in [2.75, 3.05) is 11.9 Å². The van der Waals surface area contributed by atoms with Crippen molar-refractivity contribution in [3.8, 4) is 5.75 Å². The van der Waals surface area contributed by atoms with Gasteiger partial charge in [0.15, 0.2) is 0 Å². The lowest BCUT2D eigenvalue weighted by atomic mass is 9.96. The molecule has 2 N–H and O–H groups in total. The first kappa shape index (κ1) is 20.3. The standard InChI is InChI=1S/C16H22N4O4S2/c1-11(10-24-12-8-6-5-7-9-12)20-26(22,23)15-19-18-14(25-15)17-13(21)16(2,3)4/h5-9,11,20H,10H2,1-4H3,(H,17,18,21). The fourth-order valence-corrected chi connectivity index (χ4v) is 3.88. The smallest absolute Gasteiger partial charge is 0.270 e.